The zero-order valence-electron chi connectivity index (χ0n) is 14.9. The lowest BCUT2D eigenvalue weighted by molar-refractivity contribution is 0.414. The quantitative estimate of drug-likeness (QED) is 0.790. The molecule has 0 amide bonds. The monoisotopic (exact) mass is 342 g/mol. The van der Waals surface area contributed by atoms with Gasteiger partial charge in [-0.3, -0.25) is 0 Å². The number of ether oxygens (including phenoxy) is 1. The van der Waals surface area contributed by atoms with Crippen LogP contribution in [-0.4, -0.2) is 24.2 Å². The first-order chi connectivity index (χ1) is 11.5. The summed E-state index contributed by atoms with van der Waals surface area (Å²) in [5.74, 6) is 1.42. The smallest absolute Gasteiger partial charge is 0.169 e. The Balaban J connectivity index is 1.84. The summed E-state index contributed by atoms with van der Waals surface area (Å²) in [4.78, 5) is 2.06. The Kier molecular flexibility index (Phi) is 6.62. The Morgan fingerprint density at radius 1 is 1.04 bits per heavy atom. The number of nitrogens with zero attached hydrogens (tertiary/aromatic N) is 1. The van der Waals surface area contributed by atoms with Crippen LogP contribution in [0.3, 0.4) is 0 Å². The maximum absolute atomic E-state index is 5.48. The van der Waals surface area contributed by atoms with Gasteiger partial charge < -0.3 is 15.0 Å². The summed E-state index contributed by atoms with van der Waals surface area (Å²) in [6.07, 6.45) is 0. The van der Waals surface area contributed by atoms with Crippen LogP contribution >= 0.6 is 12.2 Å². The van der Waals surface area contributed by atoms with E-state index in [2.05, 4.69) is 48.3 Å². The highest BCUT2D eigenvalue weighted by Crippen LogP contribution is 2.15. The molecule has 0 radical (unpaired) electrons. The van der Waals surface area contributed by atoms with Crippen molar-refractivity contribution < 1.29 is 4.74 Å². The number of hydrogen-bond acceptors (Lipinski definition) is 2. The molecule has 0 fully saturated rings. The van der Waals surface area contributed by atoms with Crippen molar-refractivity contribution in [1.82, 2.24) is 10.2 Å². The topological polar surface area (TPSA) is 24.5 Å². The molecule has 3 nitrogen and oxygen atoms in total. The minimum absolute atomic E-state index is 0.559. The van der Waals surface area contributed by atoms with Crippen LogP contribution < -0.4 is 10.1 Å². The van der Waals surface area contributed by atoms with Crippen LogP contribution in [0.4, 0.5) is 0 Å². The third-order valence-corrected chi connectivity index (χ3v) is 4.47. The van der Waals surface area contributed by atoms with E-state index in [1.165, 1.54) is 16.7 Å². The zero-order valence-corrected chi connectivity index (χ0v) is 15.7. The van der Waals surface area contributed by atoms with E-state index in [-0.39, 0.29) is 0 Å². The highest BCUT2D eigenvalue weighted by molar-refractivity contribution is 7.80. The Labute approximate surface area is 150 Å². The molecule has 0 aliphatic heterocycles. The average molecular weight is 343 g/mol. The maximum Gasteiger partial charge on any atom is 0.169 e. The second kappa shape index (κ2) is 8.69. The van der Waals surface area contributed by atoms with Crippen LogP contribution in [0.15, 0.2) is 48.5 Å². The van der Waals surface area contributed by atoms with Gasteiger partial charge >= 0.3 is 0 Å². The summed E-state index contributed by atoms with van der Waals surface area (Å²) in [5, 5.41) is 4.05. The molecular formula is C20H26N2OS. The lowest BCUT2D eigenvalue weighted by Gasteiger charge is -2.21. The summed E-state index contributed by atoms with van der Waals surface area (Å²) in [6.45, 7) is 5.92. The number of hydrogen-bond donors (Lipinski definition) is 1. The summed E-state index contributed by atoms with van der Waals surface area (Å²) in [7, 11) is 3.69. The van der Waals surface area contributed by atoms with Gasteiger partial charge in [0.2, 0.25) is 0 Å². The molecule has 2 rings (SSSR count). The van der Waals surface area contributed by atoms with Crippen molar-refractivity contribution in [3.63, 3.8) is 0 Å². The van der Waals surface area contributed by atoms with Gasteiger partial charge in [0.25, 0.3) is 0 Å². The first kappa shape index (κ1) is 18.3. The van der Waals surface area contributed by atoms with Crippen molar-refractivity contribution in [3.8, 4) is 5.75 Å². The number of nitrogens with one attached hydrogen (secondary N) is 1. The molecule has 2 aromatic carbocycles. The van der Waals surface area contributed by atoms with Gasteiger partial charge in [-0.25, -0.2) is 0 Å². The zero-order chi connectivity index (χ0) is 17.5. The van der Waals surface area contributed by atoms with E-state index in [9.17, 15) is 0 Å². The van der Waals surface area contributed by atoms with E-state index in [1.54, 1.807) is 7.11 Å². The van der Waals surface area contributed by atoms with Crippen LogP contribution in [0.1, 0.15) is 36.5 Å². The molecule has 0 bridgehead atoms. The Bertz CT molecular complexity index is 650. The van der Waals surface area contributed by atoms with Gasteiger partial charge in [0.1, 0.15) is 5.75 Å². The molecule has 0 aliphatic rings. The molecule has 0 atom stereocenters. The van der Waals surface area contributed by atoms with E-state index in [0.29, 0.717) is 12.5 Å². The molecule has 0 unspecified atom stereocenters. The van der Waals surface area contributed by atoms with Crippen molar-refractivity contribution >= 4 is 17.3 Å². The van der Waals surface area contributed by atoms with Crippen LogP contribution in [0.5, 0.6) is 5.75 Å². The molecule has 0 saturated heterocycles. The normalized spacial score (nSPS) is 10.5. The molecule has 0 saturated carbocycles. The highest BCUT2D eigenvalue weighted by atomic mass is 32.1. The standard InChI is InChI=1S/C20H26N2OS/c1-15(2)18-9-5-17(6-10-18)14-22(3)20(24)21-13-16-7-11-19(23-4)12-8-16/h5-12,15H,13-14H2,1-4H3,(H,21,24). The molecular weight excluding hydrogens is 316 g/mol. The molecule has 0 aliphatic carbocycles. The van der Waals surface area contributed by atoms with Crippen LogP contribution in [0, 0.1) is 0 Å². The largest absolute Gasteiger partial charge is 0.497 e. The van der Waals surface area contributed by atoms with Gasteiger partial charge in [0.05, 0.1) is 7.11 Å². The van der Waals surface area contributed by atoms with Crippen molar-refractivity contribution in [2.75, 3.05) is 14.2 Å². The predicted octanol–water partition coefficient (Wildman–Crippen LogP) is 4.33. The first-order valence-electron chi connectivity index (χ1n) is 8.20. The summed E-state index contributed by atoms with van der Waals surface area (Å²) in [6, 6.07) is 16.7. The van der Waals surface area contributed by atoms with E-state index in [0.717, 1.165) is 17.4 Å². The summed E-state index contributed by atoms with van der Waals surface area (Å²) >= 11 is 5.48. The fraction of sp³-hybridized carbons (Fsp3) is 0.350. The van der Waals surface area contributed by atoms with Gasteiger partial charge in [0, 0.05) is 20.1 Å². The fourth-order valence-corrected chi connectivity index (χ4v) is 2.55. The fourth-order valence-electron chi connectivity index (χ4n) is 2.41. The van der Waals surface area contributed by atoms with Crippen molar-refractivity contribution in [2.24, 2.45) is 0 Å². The minimum Gasteiger partial charge on any atom is -0.497 e. The highest BCUT2D eigenvalue weighted by Gasteiger charge is 2.06. The van der Waals surface area contributed by atoms with Gasteiger partial charge in [-0.1, -0.05) is 50.2 Å². The molecule has 2 aromatic rings. The van der Waals surface area contributed by atoms with Crippen LogP contribution in [0.2, 0.25) is 0 Å². The first-order valence-corrected chi connectivity index (χ1v) is 8.61. The van der Waals surface area contributed by atoms with Gasteiger partial charge in [-0.05, 0) is 47.0 Å². The number of methoxy groups -OCH3 is 1. The van der Waals surface area contributed by atoms with Crippen LogP contribution in [-0.2, 0) is 13.1 Å². The van der Waals surface area contributed by atoms with Gasteiger partial charge in [-0.15, -0.1) is 0 Å². The van der Waals surface area contributed by atoms with Crippen LogP contribution in [0.25, 0.3) is 0 Å². The SMILES string of the molecule is COc1ccc(CNC(=S)N(C)Cc2ccc(C(C)C)cc2)cc1. The molecule has 24 heavy (non-hydrogen) atoms. The van der Waals surface area contributed by atoms with Crippen molar-refractivity contribution in [3.05, 3.63) is 65.2 Å². The minimum atomic E-state index is 0.559. The lowest BCUT2D eigenvalue weighted by Crippen LogP contribution is -2.36. The maximum atomic E-state index is 5.48. The van der Waals surface area contributed by atoms with E-state index >= 15 is 0 Å². The predicted molar refractivity (Wildman–Crippen MR) is 104 cm³/mol. The summed E-state index contributed by atoms with van der Waals surface area (Å²) in [5.41, 5.74) is 3.80. The van der Waals surface area contributed by atoms with Crippen molar-refractivity contribution in [1.29, 1.82) is 0 Å². The van der Waals surface area contributed by atoms with Gasteiger partial charge in [0.15, 0.2) is 5.11 Å². The molecule has 128 valence electrons. The molecule has 0 heterocycles. The third-order valence-electron chi connectivity index (χ3n) is 4.02. The second-order valence-corrected chi connectivity index (χ2v) is 6.65. The number of rotatable bonds is 6. The average Bonchev–Trinajstić information content (AvgIpc) is 2.60. The van der Waals surface area contributed by atoms with Crippen molar-refractivity contribution in [2.45, 2.75) is 32.9 Å². The Hall–Kier alpha value is -2.07. The van der Waals surface area contributed by atoms with Gasteiger partial charge in [-0.2, -0.15) is 0 Å². The summed E-state index contributed by atoms with van der Waals surface area (Å²) < 4.78 is 5.17. The Morgan fingerprint density at radius 2 is 1.62 bits per heavy atom. The number of thiocarbonyl (C=S) groups is 1. The van der Waals surface area contributed by atoms with E-state index in [1.807, 2.05) is 31.3 Å². The van der Waals surface area contributed by atoms with E-state index < -0.39 is 0 Å². The second-order valence-electron chi connectivity index (χ2n) is 6.26. The molecule has 1 N–H and O–H groups in total. The number of benzene rings is 2. The third kappa shape index (κ3) is 5.24. The lowest BCUT2D eigenvalue weighted by atomic mass is 10.0. The molecule has 0 spiro atoms. The molecule has 4 heteroatoms. The van der Waals surface area contributed by atoms with E-state index in [4.69, 9.17) is 17.0 Å². The molecule has 0 aromatic heterocycles. The Morgan fingerprint density at radius 3 is 2.17 bits per heavy atom.